The van der Waals surface area contributed by atoms with Crippen LogP contribution in [0.2, 0.25) is 0 Å². The average molecular weight is 419 g/mol. The van der Waals surface area contributed by atoms with Crippen molar-refractivity contribution in [1.29, 1.82) is 10.7 Å². The van der Waals surface area contributed by atoms with Crippen molar-refractivity contribution in [3.63, 3.8) is 0 Å². The van der Waals surface area contributed by atoms with Crippen molar-refractivity contribution in [2.45, 2.75) is 30.8 Å². The van der Waals surface area contributed by atoms with Gasteiger partial charge in [0, 0.05) is 41.7 Å². The summed E-state index contributed by atoms with van der Waals surface area (Å²) in [6.45, 7) is 4.34. The molecule has 0 spiro atoms. The van der Waals surface area contributed by atoms with Crippen LogP contribution < -0.4 is 11.1 Å². The predicted molar refractivity (Wildman–Crippen MR) is 125 cm³/mol. The predicted octanol–water partition coefficient (Wildman–Crippen LogP) is 3.83. The van der Waals surface area contributed by atoms with E-state index in [-0.39, 0.29) is 0 Å². The lowest BCUT2D eigenvalue weighted by molar-refractivity contribution is 0.483. The molecule has 2 atom stereocenters. The molecule has 1 saturated heterocycles. The van der Waals surface area contributed by atoms with Gasteiger partial charge in [-0.05, 0) is 62.2 Å². The van der Waals surface area contributed by atoms with Crippen LogP contribution in [0.1, 0.15) is 24.6 Å². The molecule has 0 bridgehead atoms. The third kappa shape index (κ3) is 5.29. The molecular weight excluding hydrogens is 392 g/mol. The Hall–Kier alpha value is -3.08. The molecular formula is C23H26N6S. The van der Waals surface area contributed by atoms with E-state index in [4.69, 9.17) is 16.4 Å². The second kappa shape index (κ2) is 10.1. The molecule has 3 heterocycles. The molecule has 1 fully saturated rings. The Kier molecular flexibility index (Phi) is 7.28. The minimum absolute atomic E-state index is 0.617. The van der Waals surface area contributed by atoms with Gasteiger partial charge in [0.25, 0.3) is 0 Å². The summed E-state index contributed by atoms with van der Waals surface area (Å²) in [6.07, 6.45) is 5.97. The fourth-order valence-electron chi connectivity index (χ4n) is 3.63. The van der Waals surface area contributed by atoms with Crippen LogP contribution in [0.4, 0.5) is 0 Å². The Balaban J connectivity index is 0.000000239. The normalized spacial score (nSPS) is 18.5. The zero-order chi connectivity index (χ0) is 21.5. The van der Waals surface area contributed by atoms with E-state index in [1.165, 1.54) is 18.8 Å². The second-order valence-corrected chi connectivity index (χ2v) is 7.92. The summed E-state index contributed by atoms with van der Waals surface area (Å²) in [6, 6.07) is 15.8. The Bertz CT molecular complexity index is 1090. The number of nitrogens with zero attached hydrogens (tertiary/aromatic N) is 3. The van der Waals surface area contributed by atoms with Gasteiger partial charge in [-0.2, -0.15) is 5.26 Å². The van der Waals surface area contributed by atoms with Gasteiger partial charge in [-0.1, -0.05) is 6.07 Å². The monoisotopic (exact) mass is 418 g/mol. The number of hydrogen-bond acceptors (Lipinski definition) is 6. The molecule has 1 aliphatic rings. The van der Waals surface area contributed by atoms with Gasteiger partial charge in [0.05, 0.1) is 28.4 Å². The number of rotatable bonds is 4. The van der Waals surface area contributed by atoms with E-state index in [1.54, 1.807) is 18.2 Å². The lowest BCUT2D eigenvalue weighted by Gasteiger charge is -2.11. The number of fused-ring (bicyclic) bond motifs is 1. The largest absolute Gasteiger partial charge is 0.404 e. The van der Waals surface area contributed by atoms with E-state index in [1.807, 2.05) is 24.3 Å². The number of nitrogens with two attached hydrogens (primary N) is 1. The maximum atomic E-state index is 8.38. The SMILES string of the molecule is C[C@H]1CC(Cn2ccc3nc(/C(C=N)=C/N)ccc32)CN1.N#Cc1cccc(S)c1. The lowest BCUT2D eigenvalue weighted by Crippen LogP contribution is -2.17. The minimum Gasteiger partial charge on any atom is -0.404 e. The third-order valence-electron chi connectivity index (χ3n) is 5.13. The van der Waals surface area contributed by atoms with E-state index in [0.717, 1.165) is 34.7 Å². The third-order valence-corrected chi connectivity index (χ3v) is 5.41. The molecule has 154 valence electrons. The number of benzene rings is 1. The molecule has 2 aromatic heterocycles. The van der Waals surface area contributed by atoms with Crippen LogP contribution in [-0.4, -0.2) is 28.4 Å². The fourth-order valence-corrected chi connectivity index (χ4v) is 3.85. The fraction of sp³-hybridized carbons (Fsp3) is 0.261. The maximum absolute atomic E-state index is 8.38. The van der Waals surface area contributed by atoms with Crippen LogP contribution in [0.3, 0.4) is 0 Å². The first kappa shape index (κ1) is 21.6. The Labute approximate surface area is 182 Å². The molecule has 1 aromatic carbocycles. The Morgan fingerprint density at radius 2 is 2.23 bits per heavy atom. The molecule has 1 unspecified atom stereocenters. The highest BCUT2D eigenvalue weighted by Crippen LogP contribution is 2.21. The Morgan fingerprint density at radius 3 is 2.83 bits per heavy atom. The van der Waals surface area contributed by atoms with Crippen LogP contribution in [0.25, 0.3) is 16.6 Å². The van der Waals surface area contributed by atoms with Gasteiger partial charge in [0.2, 0.25) is 0 Å². The van der Waals surface area contributed by atoms with Crippen molar-refractivity contribution < 1.29 is 0 Å². The molecule has 3 aromatic rings. The number of thiol groups is 1. The van der Waals surface area contributed by atoms with Gasteiger partial charge in [0.1, 0.15) is 0 Å². The lowest BCUT2D eigenvalue weighted by atomic mass is 10.1. The summed E-state index contributed by atoms with van der Waals surface area (Å²) in [5.74, 6) is 0.677. The standard InChI is InChI=1S/C16H21N5.C7H5NS/c1-11-6-12(9-19-11)10-21-5-4-15-16(21)3-2-14(20-15)13(7-17)8-18;8-5-6-2-1-3-7(9)4-6/h2-5,7-8,11-12,17,19H,6,9-10,18H2,1H3;1-4,9H/b13-8+,17-7?;/t11-,12?;/m0./s1. The molecule has 4 rings (SSSR count). The number of allylic oxidation sites excluding steroid dienone is 1. The van der Waals surface area contributed by atoms with E-state index in [2.05, 4.69) is 46.7 Å². The highest BCUT2D eigenvalue weighted by atomic mass is 32.1. The molecule has 0 amide bonds. The quantitative estimate of drug-likeness (QED) is 0.382. The number of aromatic nitrogens is 2. The first-order chi connectivity index (χ1) is 14.5. The molecule has 0 saturated carbocycles. The Morgan fingerprint density at radius 1 is 1.40 bits per heavy atom. The van der Waals surface area contributed by atoms with Crippen LogP contribution in [0, 0.1) is 22.7 Å². The molecule has 7 heteroatoms. The van der Waals surface area contributed by atoms with Crippen LogP contribution in [0.5, 0.6) is 0 Å². The summed E-state index contributed by atoms with van der Waals surface area (Å²) in [5, 5.41) is 19.2. The second-order valence-electron chi connectivity index (χ2n) is 7.41. The van der Waals surface area contributed by atoms with E-state index in [9.17, 15) is 0 Å². The van der Waals surface area contributed by atoms with Crippen LogP contribution >= 0.6 is 12.6 Å². The van der Waals surface area contributed by atoms with Gasteiger partial charge in [-0.15, -0.1) is 12.6 Å². The first-order valence-electron chi connectivity index (χ1n) is 9.85. The molecule has 0 aliphatic carbocycles. The van der Waals surface area contributed by atoms with Crippen molar-refractivity contribution in [3.05, 3.63) is 66.1 Å². The van der Waals surface area contributed by atoms with E-state index >= 15 is 0 Å². The number of nitrogens with one attached hydrogen (secondary N) is 2. The van der Waals surface area contributed by atoms with Crippen molar-refractivity contribution in [3.8, 4) is 6.07 Å². The topological polar surface area (TPSA) is 104 Å². The molecule has 6 nitrogen and oxygen atoms in total. The van der Waals surface area contributed by atoms with Crippen LogP contribution in [0.15, 0.2) is 59.8 Å². The average Bonchev–Trinajstić information content (AvgIpc) is 3.35. The van der Waals surface area contributed by atoms with Crippen LogP contribution in [-0.2, 0) is 6.54 Å². The first-order valence-corrected chi connectivity index (χ1v) is 10.3. The van der Waals surface area contributed by atoms with Crippen molar-refractivity contribution in [2.75, 3.05) is 6.54 Å². The summed E-state index contributed by atoms with van der Waals surface area (Å²) in [4.78, 5) is 5.42. The molecule has 1 aliphatic heterocycles. The minimum atomic E-state index is 0.617. The number of nitriles is 1. The van der Waals surface area contributed by atoms with Crippen molar-refractivity contribution in [1.82, 2.24) is 14.9 Å². The van der Waals surface area contributed by atoms with Gasteiger partial charge >= 0.3 is 0 Å². The summed E-state index contributed by atoms with van der Waals surface area (Å²) in [7, 11) is 0. The summed E-state index contributed by atoms with van der Waals surface area (Å²) in [5.41, 5.74) is 9.65. The smallest absolute Gasteiger partial charge is 0.0992 e. The molecule has 30 heavy (non-hydrogen) atoms. The highest BCUT2D eigenvalue weighted by Gasteiger charge is 2.21. The van der Waals surface area contributed by atoms with E-state index < -0.39 is 0 Å². The van der Waals surface area contributed by atoms with Crippen molar-refractivity contribution in [2.24, 2.45) is 11.7 Å². The molecule has 0 radical (unpaired) electrons. The number of pyridine rings is 1. The van der Waals surface area contributed by atoms with Gasteiger partial charge in [-0.25, -0.2) is 4.98 Å². The molecule has 4 N–H and O–H groups in total. The van der Waals surface area contributed by atoms with Crippen molar-refractivity contribution >= 4 is 35.4 Å². The van der Waals surface area contributed by atoms with Gasteiger partial charge < -0.3 is 21.0 Å². The zero-order valence-corrected chi connectivity index (χ0v) is 17.8. The van der Waals surface area contributed by atoms with E-state index in [0.29, 0.717) is 23.1 Å². The maximum Gasteiger partial charge on any atom is 0.0992 e. The van der Waals surface area contributed by atoms with Gasteiger partial charge in [-0.3, -0.25) is 0 Å². The number of hydrogen-bond donors (Lipinski definition) is 4. The van der Waals surface area contributed by atoms with Gasteiger partial charge in [0.15, 0.2) is 0 Å². The summed E-state index contributed by atoms with van der Waals surface area (Å²) < 4.78 is 2.27. The zero-order valence-electron chi connectivity index (χ0n) is 16.9. The summed E-state index contributed by atoms with van der Waals surface area (Å²) >= 11 is 4.06. The highest BCUT2D eigenvalue weighted by molar-refractivity contribution is 7.80.